The lowest BCUT2D eigenvalue weighted by molar-refractivity contribution is -0.149. The van der Waals surface area contributed by atoms with Crippen molar-refractivity contribution in [2.24, 2.45) is 4.99 Å². The number of hydrogen-bond acceptors (Lipinski definition) is 5. The van der Waals surface area contributed by atoms with Gasteiger partial charge in [0.25, 0.3) is 11.7 Å². The smallest absolute Gasteiger partial charge is 0.336 e. The predicted molar refractivity (Wildman–Crippen MR) is 95.4 cm³/mol. The van der Waals surface area contributed by atoms with Gasteiger partial charge in [-0.05, 0) is 22.6 Å². The molecule has 7 heteroatoms. The van der Waals surface area contributed by atoms with Crippen LogP contribution in [0.15, 0.2) is 46.8 Å². The van der Waals surface area contributed by atoms with E-state index in [1.807, 2.05) is 53.9 Å². The van der Waals surface area contributed by atoms with E-state index in [0.717, 1.165) is 16.0 Å². The second-order valence-electron chi connectivity index (χ2n) is 5.37. The third-order valence-electron chi connectivity index (χ3n) is 3.72. The van der Waals surface area contributed by atoms with E-state index in [-0.39, 0.29) is 5.84 Å². The number of carbonyl (C=O) groups excluding carboxylic acids is 2. The van der Waals surface area contributed by atoms with Crippen LogP contribution in [-0.2, 0) is 14.4 Å². The zero-order chi connectivity index (χ0) is 18.0. The van der Waals surface area contributed by atoms with Crippen LogP contribution in [-0.4, -0.2) is 46.6 Å². The summed E-state index contributed by atoms with van der Waals surface area (Å²) >= 11 is 1.33. The van der Waals surface area contributed by atoms with E-state index in [1.54, 1.807) is 0 Å². The maximum absolute atomic E-state index is 12.1. The van der Waals surface area contributed by atoms with Gasteiger partial charge in [-0.2, -0.15) is 0 Å². The fourth-order valence-corrected chi connectivity index (χ4v) is 3.32. The number of thiophene rings is 1. The van der Waals surface area contributed by atoms with Crippen LogP contribution in [0, 0.1) is 0 Å². The second kappa shape index (κ2) is 6.82. The number of carboxylic acids is 1. The number of nitrogens with zero attached hydrogens (tertiary/aromatic N) is 2. The Balaban J connectivity index is 1.99. The van der Waals surface area contributed by atoms with Crippen LogP contribution in [0.2, 0.25) is 0 Å². The van der Waals surface area contributed by atoms with Crippen molar-refractivity contribution in [3.05, 3.63) is 57.8 Å². The first-order valence-corrected chi connectivity index (χ1v) is 8.30. The minimum absolute atomic E-state index is 0.194. The summed E-state index contributed by atoms with van der Waals surface area (Å²) in [6.07, 6.45) is 3.78. The topological polar surface area (TPSA) is 87.0 Å². The molecule has 0 radical (unpaired) electrons. The molecule has 1 aliphatic heterocycles. The van der Waals surface area contributed by atoms with Crippen molar-refractivity contribution in [3.63, 3.8) is 0 Å². The number of amidine groups is 1. The van der Waals surface area contributed by atoms with Gasteiger partial charge in [-0.1, -0.05) is 42.5 Å². The van der Waals surface area contributed by atoms with Gasteiger partial charge < -0.3 is 5.11 Å². The number of likely N-dealkylation sites (N-methyl/N-ethyl adjacent to an activating group) is 1. The highest BCUT2D eigenvalue weighted by Gasteiger charge is 2.40. The van der Waals surface area contributed by atoms with Gasteiger partial charge in [-0.15, -0.1) is 11.3 Å². The Kier molecular flexibility index (Phi) is 4.58. The van der Waals surface area contributed by atoms with Crippen LogP contribution in [0.1, 0.15) is 16.0 Å². The fraction of sp³-hybridized carbons (Fsp3) is 0.111. The van der Waals surface area contributed by atoms with Crippen molar-refractivity contribution in [1.29, 1.82) is 0 Å². The van der Waals surface area contributed by atoms with Gasteiger partial charge in [-0.3, -0.25) is 14.5 Å². The molecule has 3 rings (SSSR count). The number of hydrogen-bond donors (Lipinski definition) is 1. The van der Waals surface area contributed by atoms with Crippen LogP contribution in [0.5, 0.6) is 0 Å². The van der Waals surface area contributed by atoms with E-state index in [4.69, 9.17) is 5.11 Å². The lowest BCUT2D eigenvalue weighted by Crippen LogP contribution is -2.50. The Morgan fingerprint density at radius 3 is 2.60 bits per heavy atom. The summed E-state index contributed by atoms with van der Waals surface area (Å²) < 4.78 is 0. The fourth-order valence-electron chi connectivity index (χ4n) is 2.41. The highest BCUT2D eigenvalue weighted by molar-refractivity contribution is 7.12. The Morgan fingerprint density at radius 1 is 1.20 bits per heavy atom. The summed E-state index contributed by atoms with van der Waals surface area (Å²) in [5.74, 6) is -3.14. The monoisotopic (exact) mass is 354 g/mol. The molecule has 0 saturated carbocycles. The molecule has 1 unspecified atom stereocenters. The standard InChI is InChI=1S/C18H14N2O4S/c1-20-16(19-13(18(23)24)14(21)17(20)22)15-12(9-10-25-15)8-7-11-5-3-2-4-6-11/h2-10,13H,1H3,(H,23,24)/b8-7+. The van der Waals surface area contributed by atoms with Crippen LogP contribution < -0.4 is 0 Å². The summed E-state index contributed by atoms with van der Waals surface area (Å²) in [5, 5.41) is 11.0. The van der Waals surface area contributed by atoms with Crippen molar-refractivity contribution in [3.8, 4) is 0 Å². The van der Waals surface area contributed by atoms with Crippen LogP contribution in [0.4, 0.5) is 0 Å². The van der Waals surface area contributed by atoms with Gasteiger partial charge in [0.05, 0.1) is 4.88 Å². The highest BCUT2D eigenvalue weighted by Crippen LogP contribution is 2.24. The molecule has 2 aromatic rings. The van der Waals surface area contributed by atoms with Gasteiger partial charge >= 0.3 is 5.97 Å². The van der Waals surface area contributed by atoms with Crippen LogP contribution >= 0.6 is 11.3 Å². The SMILES string of the molecule is CN1C(=O)C(=O)C(C(=O)O)N=C1c1sccc1/C=C/c1ccccc1. The van der Waals surface area contributed by atoms with Crippen LogP contribution in [0.3, 0.4) is 0 Å². The summed E-state index contributed by atoms with van der Waals surface area (Å²) in [6, 6.07) is 9.85. The summed E-state index contributed by atoms with van der Waals surface area (Å²) in [7, 11) is 1.42. The summed E-state index contributed by atoms with van der Waals surface area (Å²) in [5.41, 5.74) is 1.80. The number of Topliss-reactive ketones (excluding diaryl/α,β-unsaturated/α-hetero) is 1. The van der Waals surface area contributed by atoms with Crippen molar-refractivity contribution in [2.75, 3.05) is 7.05 Å². The zero-order valence-corrected chi connectivity index (χ0v) is 14.1. The summed E-state index contributed by atoms with van der Waals surface area (Å²) in [6.45, 7) is 0. The van der Waals surface area contributed by atoms with Gasteiger partial charge in [0.15, 0.2) is 0 Å². The minimum Gasteiger partial charge on any atom is -0.479 e. The minimum atomic E-state index is -1.69. The van der Waals surface area contributed by atoms with Gasteiger partial charge in [-0.25, -0.2) is 9.79 Å². The molecule has 0 fully saturated rings. The van der Waals surface area contributed by atoms with E-state index >= 15 is 0 Å². The van der Waals surface area contributed by atoms with Gasteiger partial charge in [0, 0.05) is 7.05 Å². The number of rotatable bonds is 4. The van der Waals surface area contributed by atoms with Crippen molar-refractivity contribution in [2.45, 2.75) is 6.04 Å². The first-order valence-electron chi connectivity index (χ1n) is 7.42. The summed E-state index contributed by atoms with van der Waals surface area (Å²) in [4.78, 5) is 40.8. The van der Waals surface area contributed by atoms with E-state index < -0.39 is 23.7 Å². The molecule has 25 heavy (non-hydrogen) atoms. The molecule has 6 nitrogen and oxygen atoms in total. The lowest BCUT2D eigenvalue weighted by atomic mass is 10.1. The van der Waals surface area contributed by atoms with E-state index in [1.165, 1.54) is 18.4 Å². The van der Waals surface area contributed by atoms with Crippen LogP contribution in [0.25, 0.3) is 12.2 Å². The third-order valence-corrected chi connectivity index (χ3v) is 4.65. The first kappa shape index (κ1) is 16.8. The maximum Gasteiger partial charge on any atom is 0.336 e. The third kappa shape index (κ3) is 3.27. The largest absolute Gasteiger partial charge is 0.479 e. The van der Waals surface area contributed by atoms with E-state index in [9.17, 15) is 14.4 Å². The predicted octanol–water partition coefficient (Wildman–Crippen LogP) is 2.16. The molecule has 0 bridgehead atoms. The Hall–Kier alpha value is -3.06. The number of ketones is 1. The molecule has 1 atom stereocenters. The second-order valence-corrected chi connectivity index (χ2v) is 6.29. The molecule has 1 aromatic carbocycles. The molecule has 1 aromatic heterocycles. The van der Waals surface area contributed by atoms with E-state index in [0.29, 0.717) is 4.88 Å². The zero-order valence-electron chi connectivity index (χ0n) is 13.2. The highest BCUT2D eigenvalue weighted by atomic mass is 32.1. The molecule has 0 spiro atoms. The van der Waals surface area contributed by atoms with Crippen molar-refractivity contribution in [1.82, 2.24) is 4.90 Å². The number of aliphatic imine (C=N–C) groups is 1. The average Bonchev–Trinajstić information content (AvgIpc) is 3.07. The van der Waals surface area contributed by atoms with E-state index in [2.05, 4.69) is 4.99 Å². The van der Waals surface area contributed by atoms with Crippen molar-refractivity contribution < 1.29 is 19.5 Å². The Labute approximate surface area is 147 Å². The molecular formula is C18H14N2O4S. The quantitative estimate of drug-likeness (QED) is 0.673. The molecule has 1 aliphatic rings. The average molecular weight is 354 g/mol. The first-order chi connectivity index (χ1) is 12.0. The maximum atomic E-state index is 12.1. The number of carbonyl (C=O) groups is 3. The van der Waals surface area contributed by atoms with Gasteiger partial charge in [0.1, 0.15) is 5.84 Å². The Bertz CT molecular complexity index is 899. The number of carboxylic acid groups (broad SMARTS) is 1. The van der Waals surface area contributed by atoms with Crippen molar-refractivity contribution >= 4 is 47.0 Å². The molecule has 126 valence electrons. The molecule has 1 N–H and O–H groups in total. The molecule has 1 amide bonds. The van der Waals surface area contributed by atoms with Gasteiger partial charge in [0.2, 0.25) is 6.04 Å². The lowest BCUT2D eigenvalue weighted by Gasteiger charge is -2.25. The normalized spacial score (nSPS) is 17.9. The molecule has 2 heterocycles. The molecular weight excluding hydrogens is 340 g/mol. The number of aliphatic carboxylic acids is 1. The number of benzene rings is 1. The number of amides is 1. The Morgan fingerprint density at radius 2 is 1.92 bits per heavy atom. The molecule has 0 aliphatic carbocycles. The molecule has 0 saturated heterocycles.